The van der Waals surface area contributed by atoms with Crippen LogP contribution in [0.4, 0.5) is 0 Å². The van der Waals surface area contributed by atoms with Gasteiger partial charge < -0.3 is 4.90 Å². The number of nitrogens with zero attached hydrogens (tertiary/aromatic N) is 3. The number of aryl methyl sites for hydroxylation is 1. The van der Waals surface area contributed by atoms with E-state index < -0.39 is 0 Å². The molecule has 0 radical (unpaired) electrons. The van der Waals surface area contributed by atoms with Crippen LogP contribution in [0, 0.1) is 12.8 Å². The number of H-pyrrole nitrogens is 1. The summed E-state index contributed by atoms with van der Waals surface area (Å²) in [5, 5.41) is 6.75. The molecule has 0 aliphatic carbocycles. The number of rotatable bonds is 4. The SMILES string of the molecule is CCC(C)C(=O)N(C)Cc1n[nH]c(C)n1. The molecule has 1 aromatic rings. The molecule has 1 atom stereocenters. The fraction of sp³-hybridized carbons (Fsp3) is 0.700. The van der Waals surface area contributed by atoms with Crippen molar-refractivity contribution in [2.75, 3.05) is 7.05 Å². The quantitative estimate of drug-likeness (QED) is 0.810. The number of aromatic nitrogens is 3. The minimum atomic E-state index is 0.0649. The van der Waals surface area contributed by atoms with Crippen molar-refractivity contribution in [3.05, 3.63) is 11.6 Å². The second kappa shape index (κ2) is 4.91. The normalized spacial score (nSPS) is 12.5. The Bertz CT molecular complexity index is 334. The van der Waals surface area contributed by atoms with Crippen molar-refractivity contribution >= 4 is 5.91 Å². The standard InChI is InChI=1S/C10H18N4O/c1-5-7(2)10(15)14(4)6-9-11-8(3)12-13-9/h7H,5-6H2,1-4H3,(H,11,12,13). The molecule has 84 valence electrons. The van der Waals surface area contributed by atoms with Crippen LogP contribution in [-0.2, 0) is 11.3 Å². The number of hydrogen-bond acceptors (Lipinski definition) is 3. The van der Waals surface area contributed by atoms with E-state index in [0.717, 1.165) is 12.2 Å². The Kier molecular flexibility index (Phi) is 3.82. The first-order valence-corrected chi connectivity index (χ1v) is 5.17. The van der Waals surface area contributed by atoms with Crippen LogP contribution in [0.15, 0.2) is 0 Å². The average Bonchev–Trinajstić information content (AvgIpc) is 2.61. The molecule has 1 aromatic heterocycles. The van der Waals surface area contributed by atoms with Crippen LogP contribution in [0.2, 0.25) is 0 Å². The highest BCUT2D eigenvalue weighted by atomic mass is 16.2. The smallest absolute Gasteiger partial charge is 0.225 e. The van der Waals surface area contributed by atoms with Crippen LogP contribution in [0.1, 0.15) is 31.9 Å². The molecule has 5 nitrogen and oxygen atoms in total. The van der Waals surface area contributed by atoms with E-state index in [9.17, 15) is 4.79 Å². The van der Waals surface area contributed by atoms with Gasteiger partial charge >= 0.3 is 0 Å². The van der Waals surface area contributed by atoms with Crippen molar-refractivity contribution < 1.29 is 4.79 Å². The third-order valence-corrected chi connectivity index (χ3v) is 2.43. The number of aromatic amines is 1. The molecule has 0 aromatic carbocycles. The molecule has 1 amide bonds. The van der Waals surface area contributed by atoms with Gasteiger partial charge in [0.2, 0.25) is 5.91 Å². The predicted molar refractivity (Wildman–Crippen MR) is 57.0 cm³/mol. The molecular formula is C10H18N4O. The van der Waals surface area contributed by atoms with Gasteiger partial charge in [0.1, 0.15) is 5.82 Å². The van der Waals surface area contributed by atoms with E-state index in [1.165, 1.54) is 0 Å². The van der Waals surface area contributed by atoms with Crippen LogP contribution >= 0.6 is 0 Å². The summed E-state index contributed by atoms with van der Waals surface area (Å²) in [5.74, 6) is 1.64. The van der Waals surface area contributed by atoms with Gasteiger partial charge in [0.25, 0.3) is 0 Å². The average molecular weight is 210 g/mol. The summed E-state index contributed by atoms with van der Waals surface area (Å²) in [7, 11) is 1.78. The summed E-state index contributed by atoms with van der Waals surface area (Å²) in [6, 6.07) is 0. The molecule has 0 bridgehead atoms. The lowest BCUT2D eigenvalue weighted by atomic mass is 10.1. The van der Waals surface area contributed by atoms with Crippen molar-refractivity contribution in [2.24, 2.45) is 5.92 Å². The molecule has 0 aliphatic heterocycles. The highest BCUT2D eigenvalue weighted by Gasteiger charge is 2.16. The van der Waals surface area contributed by atoms with Crippen LogP contribution in [0.25, 0.3) is 0 Å². The molecule has 15 heavy (non-hydrogen) atoms. The first-order valence-electron chi connectivity index (χ1n) is 5.17. The van der Waals surface area contributed by atoms with Gasteiger partial charge in [0, 0.05) is 13.0 Å². The van der Waals surface area contributed by atoms with E-state index in [0.29, 0.717) is 12.4 Å². The maximum atomic E-state index is 11.7. The lowest BCUT2D eigenvalue weighted by Crippen LogP contribution is -2.31. The van der Waals surface area contributed by atoms with E-state index in [2.05, 4.69) is 15.2 Å². The third-order valence-electron chi connectivity index (χ3n) is 2.43. The number of hydrogen-bond donors (Lipinski definition) is 1. The monoisotopic (exact) mass is 210 g/mol. The Morgan fingerprint density at radius 3 is 2.73 bits per heavy atom. The van der Waals surface area contributed by atoms with Gasteiger partial charge in [-0.15, -0.1) is 0 Å². The summed E-state index contributed by atoms with van der Waals surface area (Å²) in [4.78, 5) is 17.6. The fourth-order valence-corrected chi connectivity index (χ4v) is 1.30. The van der Waals surface area contributed by atoms with Gasteiger partial charge in [-0.3, -0.25) is 9.89 Å². The number of amides is 1. The van der Waals surface area contributed by atoms with Gasteiger partial charge in [-0.2, -0.15) is 5.10 Å². The largest absolute Gasteiger partial charge is 0.338 e. The van der Waals surface area contributed by atoms with Crippen molar-refractivity contribution in [1.29, 1.82) is 0 Å². The molecule has 1 heterocycles. The van der Waals surface area contributed by atoms with Crippen molar-refractivity contribution in [3.63, 3.8) is 0 Å². The highest BCUT2D eigenvalue weighted by Crippen LogP contribution is 2.07. The molecule has 0 saturated heterocycles. The molecule has 0 spiro atoms. The topological polar surface area (TPSA) is 61.9 Å². The lowest BCUT2D eigenvalue weighted by molar-refractivity contribution is -0.134. The fourth-order valence-electron chi connectivity index (χ4n) is 1.30. The predicted octanol–water partition coefficient (Wildman–Crippen LogP) is 1.12. The first-order chi connectivity index (χ1) is 7.04. The van der Waals surface area contributed by atoms with Gasteiger partial charge in [-0.1, -0.05) is 13.8 Å². The maximum absolute atomic E-state index is 11.7. The van der Waals surface area contributed by atoms with Gasteiger partial charge in [-0.05, 0) is 13.3 Å². The van der Waals surface area contributed by atoms with Gasteiger partial charge in [0.05, 0.1) is 6.54 Å². The second-order valence-corrected chi connectivity index (χ2v) is 3.84. The van der Waals surface area contributed by atoms with E-state index >= 15 is 0 Å². The summed E-state index contributed by atoms with van der Waals surface area (Å²) in [6.45, 7) is 6.25. The Morgan fingerprint density at radius 1 is 1.60 bits per heavy atom. The lowest BCUT2D eigenvalue weighted by Gasteiger charge is -2.18. The zero-order chi connectivity index (χ0) is 11.4. The highest BCUT2D eigenvalue weighted by molar-refractivity contribution is 5.78. The Morgan fingerprint density at radius 2 is 2.27 bits per heavy atom. The second-order valence-electron chi connectivity index (χ2n) is 3.84. The summed E-state index contributed by atoms with van der Waals surface area (Å²) in [6.07, 6.45) is 0.857. The van der Waals surface area contributed by atoms with E-state index in [-0.39, 0.29) is 11.8 Å². The molecule has 0 saturated carbocycles. The Hall–Kier alpha value is -1.39. The summed E-state index contributed by atoms with van der Waals surface area (Å²) in [5.41, 5.74) is 0. The summed E-state index contributed by atoms with van der Waals surface area (Å²) < 4.78 is 0. The number of carbonyl (C=O) groups excluding carboxylic acids is 1. The van der Waals surface area contributed by atoms with Gasteiger partial charge in [-0.25, -0.2) is 4.98 Å². The minimum Gasteiger partial charge on any atom is -0.338 e. The van der Waals surface area contributed by atoms with Crippen LogP contribution in [0.5, 0.6) is 0 Å². The molecule has 1 N–H and O–H groups in total. The molecule has 1 rings (SSSR count). The first kappa shape index (κ1) is 11.7. The van der Waals surface area contributed by atoms with E-state index in [1.54, 1.807) is 11.9 Å². The molecule has 0 aliphatic rings. The van der Waals surface area contributed by atoms with Crippen LogP contribution in [0.3, 0.4) is 0 Å². The zero-order valence-electron chi connectivity index (χ0n) is 9.74. The van der Waals surface area contributed by atoms with Crippen LogP contribution < -0.4 is 0 Å². The molecule has 0 fully saturated rings. The van der Waals surface area contributed by atoms with Crippen LogP contribution in [-0.4, -0.2) is 33.0 Å². The number of nitrogens with one attached hydrogen (secondary N) is 1. The van der Waals surface area contributed by atoms with E-state index in [4.69, 9.17) is 0 Å². The zero-order valence-corrected chi connectivity index (χ0v) is 9.74. The molecule has 5 heteroatoms. The Balaban J connectivity index is 2.55. The van der Waals surface area contributed by atoms with Crippen molar-refractivity contribution in [3.8, 4) is 0 Å². The molecule has 1 unspecified atom stereocenters. The minimum absolute atomic E-state index is 0.0649. The molecular weight excluding hydrogens is 192 g/mol. The van der Waals surface area contributed by atoms with Crippen molar-refractivity contribution in [1.82, 2.24) is 20.1 Å². The third kappa shape index (κ3) is 3.04. The maximum Gasteiger partial charge on any atom is 0.225 e. The Labute approximate surface area is 89.9 Å². The van der Waals surface area contributed by atoms with Crippen molar-refractivity contribution in [2.45, 2.75) is 33.7 Å². The number of carbonyl (C=O) groups is 1. The van der Waals surface area contributed by atoms with Gasteiger partial charge in [0.15, 0.2) is 5.82 Å². The van der Waals surface area contributed by atoms with E-state index in [1.807, 2.05) is 20.8 Å². The summed E-state index contributed by atoms with van der Waals surface area (Å²) >= 11 is 0.